The second kappa shape index (κ2) is 6.42. The lowest BCUT2D eigenvalue weighted by molar-refractivity contribution is -0.115. The SMILES string of the molecule is Cc1ccc(NC(=O)N(C=O)C2=COC=CO2)cc1I. The molecular weight excluding hydrogens is 375 g/mol. The van der Waals surface area contributed by atoms with Gasteiger partial charge in [0.2, 0.25) is 12.3 Å². The van der Waals surface area contributed by atoms with E-state index in [2.05, 4.69) is 27.9 Å². The van der Waals surface area contributed by atoms with Crippen molar-refractivity contribution >= 4 is 40.7 Å². The molecule has 0 unspecified atom stereocenters. The molecule has 104 valence electrons. The summed E-state index contributed by atoms with van der Waals surface area (Å²) >= 11 is 2.17. The number of aryl methyl sites for hydroxylation is 1. The monoisotopic (exact) mass is 386 g/mol. The number of imide groups is 1. The van der Waals surface area contributed by atoms with Crippen LogP contribution in [0.15, 0.2) is 42.9 Å². The topological polar surface area (TPSA) is 67.9 Å². The highest BCUT2D eigenvalue weighted by Gasteiger charge is 2.20. The lowest BCUT2D eigenvalue weighted by Gasteiger charge is -2.19. The molecule has 1 heterocycles. The van der Waals surface area contributed by atoms with Gasteiger partial charge in [-0.05, 0) is 47.2 Å². The van der Waals surface area contributed by atoms with Crippen LogP contribution in [0, 0.1) is 10.5 Å². The van der Waals surface area contributed by atoms with Crippen LogP contribution in [-0.2, 0) is 14.3 Å². The first kappa shape index (κ1) is 14.4. The van der Waals surface area contributed by atoms with E-state index >= 15 is 0 Å². The minimum Gasteiger partial charge on any atom is -0.464 e. The summed E-state index contributed by atoms with van der Waals surface area (Å²) in [6.45, 7) is 1.97. The van der Waals surface area contributed by atoms with Gasteiger partial charge in [-0.3, -0.25) is 4.79 Å². The first-order chi connectivity index (χ1) is 9.61. The van der Waals surface area contributed by atoms with Crippen molar-refractivity contribution < 1.29 is 19.1 Å². The van der Waals surface area contributed by atoms with E-state index in [0.29, 0.717) is 12.1 Å². The standard InChI is InChI=1S/C13H11IN2O4/c1-9-2-3-10(6-11(9)14)15-13(18)16(8-17)12-7-19-4-5-20-12/h2-8H,1H3,(H,15,18). The summed E-state index contributed by atoms with van der Waals surface area (Å²) in [4.78, 5) is 23.8. The molecule has 7 heteroatoms. The molecule has 1 aromatic carbocycles. The van der Waals surface area contributed by atoms with E-state index in [1.54, 1.807) is 6.07 Å². The Morgan fingerprint density at radius 1 is 1.40 bits per heavy atom. The van der Waals surface area contributed by atoms with E-state index in [1.807, 2.05) is 19.1 Å². The minimum absolute atomic E-state index is 0.0122. The summed E-state index contributed by atoms with van der Waals surface area (Å²) in [7, 11) is 0. The van der Waals surface area contributed by atoms with Gasteiger partial charge in [0.15, 0.2) is 6.26 Å². The van der Waals surface area contributed by atoms with Crippen LogP contribution in [0.4, 0.5) is 10.5 Å². The summed E-state index contributed by atoms with van der Waals surface area (Å²) in [5, 5.41) is 2.61. The zero-order valence-corrected chi connectivity index (χ0v) is 12.7. The van der Waals surface area contributed by atoms with Crippen LogP contribution in [0.3, 0.4) is 0 Å². The number of halogens is 1. The van der Waals surface area contributed by atoms with E-state index in [-0.39, 0.29) is 5.88 Å². The maximum absolute atomic E-state index is 12.0. The molecular formula is C13H11IN2O4. The first-order valence-electron chi connectivity index (χ1n) is 5.61. The van der Waals surface area contributed by atoms with Gasteiger partial charge in [0.25, 0.3) is 0 Å². The molecule has 1 N–H and O–H groups in total. The fourth-order valence-corrected chi connectivity index (χ4v) is 1.94. The maximum atomic E-state index is 12.0. The number of amides is 3. The van der Waals surface area contributed by atoms with E-state index in [4.69, 9.17) is 9.47 Å². The molecule has 0 aromatic heterocycles. The smallest absolute Gasteiger partial charge is 0.335 e. The Labute approximate surface area is 129 Å². The molecule has 0 aliphatic carbocycles. The maximum Gasteiger partial charge on any atom is 0.335 e. The van der Waals surface area contributed by atoms with Gasteiger partial charge in [0.05, 0.1) is 0 Å². The summed E-state index contributed by atoms with van der Waals surface area (Å²) in [6.07, 6.45) is 4.02. The lowest BCUT2D eigenvalue weighted by atomic mass is 10.2. The molecule has 0 fully saturated rings. The van der Waals surface area contributed by atoms with Crippen LogP contribution >= 0.6 is 22.6 Å². The Bertz CT molecular complexity index is 598. The number of urea groups is 1. The molecule has 0 atom stereocenters. The molecule has 1 aliphatic rings. The van der Waals surface area contributed by atoms with Crippen molar-refractivity contribution in [1.29, 1.82) is 0 Å². The van der Waals surface area contributed by atoms with Crippen molar-refractivity contribution in [3.63, 3.8) is 0 Å². The molecule has 20 heavy (non-hydrogen) atoms. The van der Waals surface area contributed by atoms with E-state index in [9.17, 15) is 9.59 Å². The first-order valence-corrected chi connectivity index (χ1v) is 6.68. The Morgan fingerprint density at radius 2 is 2.20 bits per heavy atom. The zero-order chi connectivity index (χ0) is 14.5. The average molecular weight is 386 g/mol. The second-order valence-corrected chi connectivity index (χ2v) is 5.01. The fourth-order valence-electron chi connectivity index (χ4n) is 1.42. The third-order valence-electron chi connectivity index (χ3n) is 2.48. The molecule has 1 aromatic rings. The Morgan fingerprint density at radius 3 is 2.80 bits per heavy atom. The average Bonchev–Trinajstić information content (AvgIpc) is 2.45. The quantitative estimate of drug-likeness (QED) is 0.641. The van der Waals surface area contributed by atoms with E-state index in [1.165, 1.54) is 12.5 Å². The van der Waals surface area contributed by atoms with Gasteiger partial charge in [-0.2, -0.15) is 0 Å². The number of carbonyl (C=O) groups excluding carboxylic acids is 2. The van der Waals surface area contributed by atoms with Crippen molar-refractivity contribution in [3.05, 3.63) is 52.0 Å². The van der Waals surface area contributed by atoms with Crippen molar-refractivity contribution in [2.75, 3.05) is 5.32 Å². The van der Waals surface area contributed by atoms with E-state index < -0.39 is 6.03 Å². The Hall–Kier alpha value is -2.03. The summed E-state index contributed by atoms with van der Waals surface area (Å²) in [6, 6.07) is 4.81. The molecule has 0 spiro atoms. The molecule has 0 radical (unpaired) electrons. The second-order valence-electron chi connectivity index (χ2n) is 3.85. The number of nitrogens with one attached hydrogen (secondary N) is 1. The van der Waals surface area contributed by atoms with Gasteiger partial charge in [0, 0.05) is 9.26 Å². The lowest BCUT2D eigenvalue weighted by Crippen LogP contribution is -2.34. The highest BCUT2D eigenvalue weighted by molar-refractivity contribution is 14.1. The van der Waals surface area contributed by atoms with Crippen molar-refractivity contribution in [3.8, 4) is 0 Å². The number of nitrogens with zero attached hydrogens (tertiary/aromatic N) is 1. The number of carbonyl (C=O) groups is 2. The highest BCUT2D eigenvalue weighted by atomic mass is 127. The molecule has 2 rings (SSSR count). The molecule has 0 saturated carbocycles. The normalized spacial score (nSPS) is 12.8. The van der Waals surface area contributed by atoms with Crippen LogP contribution in [0.1, 0.15) is 5.56 Å². The molecule has 1 aliphatic heterocycles. The minimum atomic E-state index is -0.634. The summed E-state index contributed by atoms with van der Waals surface area (Å²) < 4.78 is 10.9. The number of hydrogen-bond acceptors (Lipinski definition) is 4. The molecule has 0 saturated heterocycles. The Balaban J connectivity index is 2.11. The largest absolute Gasteiger partial charge is 0.464 e. The van der Waals surface area contributed by atoms with Gasteiger partial charge in [-0.25, -0.2) is 9.69 Å². The summed E-state index contributed by atoms with van der Waals surface area (Å²) in [5.74, 6) is -0.0122. The fraction of sp³-hybridized carbons (Fsp3) is 0.0769. The van der Waals surface area contributed by atoms with Crippen LogP contribution in [0.2, 0.25) is 0 Å². The Kier molecular flexibility index (Phi) is 4.61. The number of ether oxygens (including phenoxy) is 2. The molecule has 6 nitrogen and oxygen atoms in total. The zero-order valence-electron chi connectivity index (χ0n) is 10.5. The predicted molar refractivity (Wildman–Crippen MR) is 80.2 cm³/mol. The number of rotatable bonds is 3. The van der Waals surface area contributed by atoms with Crippen LogP contribution in [-0.4, -0.2) is 17.3 Å². The number of benzene rings is 1. The van der Waals surface area contributed by atoms with Crippen LogP contribution in [0.25, 0.3) is 0 Å². The summed E-state index contributed by atoms with van der Waals surface area (Å²) in [5.41, 5.74) is 1.69. The van der Waals surface area contributed by atoms with Gasteiger partial charge in [-0.15, -0.1) is 0 Å². The number of hydrogen-bond donors (Lipinski definition) is 1. The van der Waals surface area contributed by atoms with Crippen LogP contribution < -0.4 is 5.32 Å². The third-order valence-corrected chi connectivity index (χ3v) is 3.64. The van der Waals surface area contributed by atoms with Crippen molar-refractivity contribution in [2.24, 2.45) is 0 Å². The van der Waals surface area contributed by atoms with Gasteiger partial charge < -0.3 is 14.8 Å². The molecule has 0 bridgehead atoms. The highest BCUT2D eigenvalue weighted by Crippen LogP contribution is 2.18. The van der Waals surface area contributed by atoms with Gasteiger partial charge in [-0.1, -0.05) is 6.07 Å². The third kappa shape index (κ3) is 3.29. The molecule has 3 amide bonds. The van der Waals surface area contributed by atoms with Gasteiger partial charge >= 0.3 is 6.03 Å². The van der Waals surface area contributed by atoms with E-state index in [0.717, 1.165) is 20.3 Å². The number of anilines is 1. The predicted octanol–water partition coefficient (Wildman–Crippen LogP) is 2.91. The van der Waals surface area contributed by atoms with Gasteiger partial charge in [0.1, 0.15) is 12.5 Å². The van der Waals surface area contributed by atoms with Crippen molar-refractivity contribution in [2.45, 2.75) is 6.92 Å². The van der Waals surface area contributed by atoms with Crippen molar-refractivity contribution in [1.82, 2.24) is 4.90 Å². The van der Waals surface area contributed by atoms with Crippen LogP contribution in [0.5, 0.6) is 0 Å².